The fourth-order valence-corrected chi connectivity index (χ4v) is 5.12. The van der Waals surface area contributed by atoms with Crippen molar-refractivity contribution in [2.45, 2.75) is 33.4 Å². The number of aromatic carboxylic acids is 1. The predicted molar refractivity (Wildman–Crippen MR) is 160 cm³/mol. The van der Waals surface area contributed by atoms with Crippen LogP contribution >= 0.6 is 0 Å². The number of nitrogen functional groups attached to an aromatic ring is 1. The van der Waals surface area contributed by atoms with E-state index in [1.807, 2.05) is 55.5 Å². The number of rotatable bonds is 9. The highest BCUT2D eigenvalue weighted by Crippen LogP contribution is 2.33. The molecule has 1 amide bonds. The summed E-state index contributed by atoms with van der Waals surface area (Å²) in [6.07, 6.45) is 5.98. The molecule has 5 aromatic rings. The molecule has 0 saturated heterocycles. The van der Waals surface area contributed by atoms with Crippen molar-refractivity contribution in [1.29, 1.82) is 5.41 Å². The summed E-state index contributed by atoms with van der Waals surface area (Å²) in [6.45, 7) is 4.98. The highest BCUT2D eigenvalue weighted by Gasteiger charge is 2.19. The standard InChI is InChI=1S/C33H31N5O3/c1-3-38-19-25(26-11-9-23(31(34)35)16-30(26)38)14-22-7-8-24(32(39)37-18-21-5-4-12-36-17-21)15-28(22)27-10-6-20(2)13-29(27)33(40)41/h4-13,15-17,19H,3,14,18H2,1-2H3,(H3,34,35)(H,37,39)(H,40,41). The number of nitrogens with zero attached hydrogens (tertiary/aromatic N) is 2. The molecule has 0 fully saturated rings. The molecule has 0 aliphatic carbocycles. The molecule has 8 heteroatoms. The molecule has 0 aliphatic rings. The Kier molecular flexibility index (Phi) is 7.65. The van der Waals surface area contributed by atoms with Gasteiger partial charge in [0, 0.05) is 60.1 Å². The molecular formula is C33H31N5O3. The lowest BCUT2D eigenvalue weighted by Crippen LogP contribution is -2.23. The van der Waals surface area contributed by atoms with Gasteiger partial charge in [-0.05, 0) is 72.0 Å². The van der Waals surface area contributed by atoms with E-state index in [-0.39, 0.29) is 17.3 Å². The van der Waals surface area contributed by atoms with E-state index < -0.39 is 5.97 Å². The summed E-state index contributed by atoms with van der Waals surface area (Å²) in [5.41, 5.74) is 12.9. The van der Waals surface area contributed by atoms with E-state index in [0.29, 0.717) is 35.2 Å². The minimum absolute atomic E-state index is 0.0116. The van der Waals surface area contributed by atoms with E-state index in [9.17, 15) is 14.7 Å². The van der Waals surface area contributed by atoms with Gasteiger partial charge in [-0.15, -0.1) is 0 Å². The van der Waals surface area contributed by atoms with Crippen molar-refractivity contribution in [1.82, 2.24) is 14.9 Å². The van der Waals surface area contributed by atoms with Gasteiger partial charge in [-0.25, -0.2) is 4.79 Å². The van der Waals surface area contributed by atoms with Crippen LogP contribution in [0.5, 0.6) is 0 Å². The molecule has 3 aromatic carbocycles. The van der Waals surface area contributed by atoms with Crippen molar-refractivity contribution in [3.8, 4) is 11.1 Å². The fraction of sp³-hybridized carbons (Fsp3) is 0.152. The highest BCUT2D eigenvalue weighted by molar-refractivity contribution is 6.01. The number of aryl methyl sites for hydroxylation is 2. The monoisotopic (exact) mass is 545 g/mol. The van der Waals surface area contributed by atoms with Crippen molar-refractivity contribution in [3.05, 3.63) is 124 Å². The van der Waals surface area contributed by atoms with E-state index in [1.54, 1.807) is 30.6 Å². The third-order valence-corrected chi connectivity index (χ3v) is 7.24. The lowest BCUT2D eigenvalue weighted by molar-refractivity contribution is 0.0697. The normalized spacial score (nSPS) is 11.0. The zero-order chi connectivity index (χ0) is 29.1. The molecule has 0 saturated carbocycles. The summed E-state index contributed by atoms with van der Waals surface area (Å²) in [5, 5.41) is 21.9. The molecule has 8 nitrogen and oxygen atoms in total. The number of carbonyl (C=O) groups is 2. The zero-order valence-electron chi connectivity index (χ0n) is 22.9. The van der Waals surface area contributed by atoms with Gasteiger partial charge in [0.05, 0.1) is 5.56 Å². The number of nitrogens with one attached hydrogen (secondary N) is 2. The molecule has 2 aromatic heterocycles. The average Bonchev–Trinajstić information content (AvgIpc) is 3.33. The number of amides is 1. The predicted octanol–water partition coefficient (Wildman–Crippen LogP) is 5.53. The number of amidine groups is 1. The maximum Gasteiger partial charge on any atom is 0.336 e. The summed E-state index contributed by atoms with van der Waals surface area (Å²) in [5.74, 6) is -1.28. The zero-order valence-corrected chi connectivity index (χ0v) is 22.9. The average molecular weight is 546 g/mol. The van der Waals surface area contributed by atoms with Gasteiger partial charge in [0.1, 0.15) is 5.84 Å². The lowest BCUT2D eigenvalue weighted by atomic mass is 9.89. The largest absolute Gasteiger partial charge is 0.478 e. The molecule has 0 unspecified atom stereocenters. The quantitative estimate of drug-likeness (QED) is 0.143. The molecule has 0 bridgehead atoms. The second-order valence-corrected chi connectivity index (χ2v) is 10.0. The van der Waals surface area contributed by atoms with E-state index >= 15 is 0 Å². The van der Waals surface area contributed by atoms with Crippen molar-refractivity contribution in [2.75, 3.05) is 0 Å². The summed E-state index contributed by atoms with van der Waals surface area (Å²) in [4.78, 5) is 29.5. The first-order valence-corrected chi connectivity index (χ1v) is 13.4. The van der Waals surface area contributed by atoms with E-state index in [4.69, 9.17) is 11.1 Å². The van der Waals surface area contributed by atoms with Crippen molar-refractivity contribution in [2.24, 2.45) is 5.73 Å². The molecule has 0 atom stereocenters. The first kappa shape index (κ1) is 27.3. The topological polar surface area (TPSA) is 134 Å². The van der Waals surface area contributed by atoms with Crippen LogP contribution in [0.15, 0.2) is 85.3 Å². The van der Waals surface area contributed by atoms with Crippen LogP contribution in [0.3, 0.4) is 0 Å². The van der Waals surface area contributed by atoms with E-state index in [2.05, 4.69) is 28.0 Å². The summed E-state index contributed by atoms with van der Waals surface area (Å²) < 4.78 is 2.12. The highest BCUT2D eigenvalue weighted by atomic mass is 16.4. The smallest absolute Gasteiger partial charge is 0.336 e. The van der Waals surface area contributed by atoms with Crippen LogP contribution in [-0.4, -0.2) is 32.4 Å². The Labute approximate surface area is 238 Å². The van der Waals surface area contributed by atoms with Gasteiger partial charge in [-0.1, -0.05) is 42.0 Å². The molecule has 5 N–H and O–H groups in total. The lowest BCUT2D eigenvalue weighted by Gasteiger charge is -2.15. The van der Waals surface area contributed by atoms with Gasteiger partial charge in [0.2, 0.25) is 0 Å². The second-order valence-electron chi connectivity index (χ2n) is 10.0. The SMILES string of the molecule is CCn1cc(Cc2ccc(C(=O)NCc3cccnc3)cc2-c2ccc(C)cc2C(=O)O)c2ccc(C(=N)N)cc21. The summed E-state index contributed by atoms with van der Waals surface area (Å²) >= 11 is 0. The molecule has 2 heterocycles. The Bertz CT molecular complexity index is 1790. The van der Waals surface area contributed by atoms with Crippen LogP contribution in [0, 0.1) is 12.3 Å². The molecule has 41 heavy (non-hydrogen) atoms. The van der Waals surface area contributed by atoms with Crippen LogP contribution in [0.1, 0.15) is 55.5 Å². The summed E-state index contributed by atoms with van der Waals surface area (Å²) in [7, 11) is 0. The van der Waals surface area contributed by atoms with Crippen molar-refractivity contribution >= 4 is 28.6 Å². The maximum atomic E-state index is 13.2. The van der Waals surface area contributed by atoms with Crippen LogP contribution in [0.25, 0.3) is 22.0 Å². The van der Waals surface area contributed by atoms with Gasteiger partial charge in [-0.2, -0.15) is 0 Å². The number of hydrogen-bond acceptors (Lipinski definition) is 4. The Balaban J connectivity index is 1.59. The van der Waals surface area contributed by atoms with Crippen LogP contribution in [0.4, 0.5) is 0 Å². The number of carboxylic acid groups (broad SMARTS) is 1. The number of aromatic nitrogens is 2. The van der Waals surface area contributed by atoms with Gasteiger partial charge >= 0.3 is 5.97 Å². The third kappa shape index (κ3) is 5.72. The fourth-order valence-electron chi connectivity index (χ4n) is 5.12. The number of benzene rings is 3. The minimum atomic E-state index is -1.03. The van der Waals surface area contributed by atoms with E-state index in [1.165, 1.54) is 0 Å². The minimum Gasteiger partial charge on any atom is -0.478 e. The Hall–Kier alpha value is -5.24. The maximum absolute atomic E-state index is 13.2. The van der Waals surface area contributed by atoms with Gasteiger partial charge < -0.3 is 20.7 Å². The van der Waals surface area contributed by atoms with Gasteiger partial charge in [0.25, 0.3) is 5.91 Å². The first-order valence-electron chi connectivity index (χ1n) is 13.4. The number of carbonyl (C=O) groups excluding carboxylic acids is 1. The van der Waals surface area contributed by atoms with E-state index in [0.717, 1.165) is 39.7 Å². The number of carboxylic acids is 1. The second kappa shape index (κ2) is 11.5. The molecule has 0 radical (unpaired) electrons. The Morgan fingerprint density at radius 2 is 1.80 bits per heavy atom. The Morgan fingerprint density at radius 3 is 2.51 bits per heavy atom. The van der Waals surface area contributed by atoms with Crippen molar-refractivity contribution < 1.29 is 14.7 Å². The van der Waals surface area contributed by atoms with Gasteiger partial charge in [0.15, 0.2) is 0 Å². The number of hydrogen-bond donors (Lipinski definition) is 4. The van der Waals surface area contributed by atoms with Crippen LogP contribution < -0.4 is 11.1 Å². The summed E-state index contributed by atoms with van der Waals surface area (Å²) in [6, 6.07) is 20.2. The number of pyridine rings is 1. The molecular weight excluding hydrogens is 514 g/mol. The van der Waals surface area contributed by atoms with Crippen LogP contribution in [-0.2, 0) is 19.5 Å². The number of nitrogens with two attached hydrogens (primary N) is 1. The Morgan fingerprint density at radius 1 is 1.00 bits per heavy atom. The number of fused-ring (bicyclic) bond motifs is 1. The molecule has 206 valence electrons. The molecule has 0 spiro atoms. The van der Waals surface area contributed by atoms with Gasteiger partial charge in [-0.3, -0.25) is 15.2 Å². The molecule has 5 rings (SSSR count). The first-order chi connectivity index (χ1) is 19.7. The molecule has 0 aliphatic heterocycles. The van der Waals surface area contributed by atoms with Crippen molar-refractivity contribution in [3.63, 3.8) is 0 Å². The third-order valence-electron chi connectivity index (χ3n) is 7.24. The van der Waals surface area contributed by atoms with Crippen LogP contribution in [0.2, 0.25) is 0 Å².